The Labute approximate surface area is 89.3 Å². The third-order valence-electron chi connectivity index (χ3n) is 2.84. The van der Waals surface area contributed by atoms with E-state index in [1.54, 1.807) is 19.6 Å². The summed E-state index contributed by atoms with van der Waals surface area (Å²) in [5, 5.41) is 0. The number of methoxy groups -OCH3 is 1. The molecule has 0 unspecified atom stereocenters. The van der Waals surface area contributed by atoms with Crippen LogP contribution in [0.2, 0.25) is 0 Å². The Morgan fingerprint density at radius 1 is 1.67 bits per heavy atom. The van der Waals surface area contributed by atoms with Gasteiger partial charge in [-0.25, -0.2) is 9.97 Å². The van der Waals surface area contributed by atoms with Gasteiger partial charge in [-0.1, -0.05) is 0 Å². The molecule has 1 aromatic rings. The zero-order valence-electron chi connectivity index (χ0n) is 8.84. The van der Waals surface area contributed by atoms with Crippen LogP contribution >= 0.6 is 0 Å². The molecule has 0 aliphatic carbocycles. The van der Waals surface area contributed by atoms with Crippen LogP contribution in [-0.4, -0.2) is 42.3 Å². The van der Waals surface area contributed by atoms with Gasteiger partial charge in [0.25, 0.3) is 0 Å². The first-order valence-electron chi connectivity index (χ1n) is 5.10. The third-order valence-corrected chi connectivity index (χ3v) is 2.84. The Morgan fingerprint density at radius 2 is 2.53 bits per heavy atom. The molecule has 2 rings (SSSR count). The van der Waals surface area contributed by atoms with Gasteiger partial charge in [-0.2, -0.15) is 0 Å². The molecule has 5 heteroatoms. The van der Waals surface area contributed by atoms with Gasteiger partial charge in [-0.15, -0.1) is 0 Å². The highest BCUT2D eigenvalue weighted by molar-refractivity contribution is 5.40. The predicted molar refractivity (Wildman–Crippen MR) is 57.6 cm³/mol. The van der Waals surface area contributed by atoms with Crippen molar-refractivity contribution in [3.8, 4) is 0 Å². The van der Waals surface area contributed by atoms with Gasteiger partial charge < -0.3 is 15.4 Å². The van der Waals surface area contributed by atoms with E-state index in [1.807, 2.05) is 6.07 Å². The van der Waals surface area contributed by atoms with Crippen LogP contribution in [0.25, 0.3) is 0 Å². The number of nitrogens with zero attached hydrogens (tertiary/aromatic N) is 3. The fourth-order valence-electron chi connectivity index (χ4n) is 2.00. The second-order valence-corrected chi connectivity index (χ2v) is 3.70. The summed E-state index contributed by atoms with van der Waals surface area (Å²) in [6.07, 6.45) is 4.53. The normalized spacial score (nSPS) is 25.9. The molecular weight excluding hydrogens is 192 g/mol. The van der Waals surface area contributed by atoms with Crippen molar-refractivity contribution >= 4 is 5.82 Å². The van der Waals surface area contributed by atoms with Crippen molar-refractivity contribution in [2.75, 3.05) is 25.1 Å². The fourth-order valence-corrected chi connectivity index (χ4v) is 2.00. The molecule has 2 heterocycles. The summed E-state index contributed by atoms with van der Waals surface area (Å²) >= 11 is 0. The molecule has 1 aliphatic heterocycles. The Balaban J connectivity index is 2.14. The molecule has 1 aliphatic rings. The summed E-state index contributed by atoms with van der Waals surface area (Å²) < 4.78 is 5.35. The summed E-state index contributed by atoms with van der Waals surface area (Å²) in [5.74, 6) is 0.931. The van der Waals surface area contributed by atoms with E-state index in [2.05, 4.69) is 14.9 Å². The van der Waals surface area contributed by atoms with Crippen molar-refractivity contribution in [1.29, 1.82) is 0 Å². The maximum atomic E-state index is 5.74. The SMILES string of the molecule is CO[C@@H]1C[C@H](CN)N(c2ccncn2)C1. The second kappa shape index (κ2) is 4.55. The zero-order chi connectivity index (χ0) is 10.7. The number of aromatic nitrogens is 2. The maximum absolute atomic E-state index is 5.74. The number of hydrogen-bond donors (Lipinski definition) is 1. The fraction of sp³-hybridized carbons (Fsp3) is 0.600. The predicted octanol–water partition coefficient (Wildman–Crippen LogP) is 0.0290. The van der Waals surface area contributed by atoms with Crippen molar-refractivity contribution in [3.05, 3.63) is 18.6 Å². The summed E-state index contributed by atoms with van der Waals surface area (Å²) in [7, 11) is 1.74. The molecule has 15 heavy (non-hydrogen) atoms. The van der Waals surface area contributed by atoms with Crippen molar-refractivity contribution in [3.63, 3.8) is 0 Å². The number of ether oxygens (including phenoxy) is 1. The van der Waals surface area contributed by atoms with Crippen LogP contribution in [0.1, 0.15) is 6.42 Å². The lowest BCUT2D eigenvalue weighted by Crippen LogP contribution is -2.36. The topological polar surface area (TPSA) is 64.3 Å². The first-order chi connectivity index (χ1) is 7.35. The van der Waals surface area contributed by atoms with Crippen LogP contribution < -0.4 is 10.6 Å². The lowest BCUT2D eigenvalue weighted by Gasteiger charge is -2.23. The molecule has 1 fully saturated rings. The molecule has 0 bridgehead atoms. The minimum atomic E-state index is 0.258. The lowest BCUT2D eigenvalue weighted by atomic mass is 10.2. The lowest BCUT2D eigenvalue weighted by molar-refractivity contribution is 0.118. The van der Waals surface area contributed by atoms with Crippen LogP contribution in [0.15, 0.2) is 18.6 Å². The first kappa shape index (κ1) is 10.3. The number of anilines is 1. The average Bonchev–Trinajstić information content (AvgIpc) is 2.73. The van der Waals surface area contributed by atoms with E-state index in [-0.39, 0.29) is 6.10 Å². The molecular formula is C10H16N4O. The summed E-state index contributed by atoms with van der Waals surface area (Å²) in [5.41, 5.74) is 5.74. The molecule has 5 nitrogen and oxygen atoms in total. The van der Waals surface area contributed by atoms with Crippen LogP contribution in [-0.2, 0) is 4.74 Å². The van der Waals surface area contributed by atoms with E-state index in [0.717, 1.165) is 18.8 Å². The summed E-state index contributed by atoms with van der Waals surface area (Å²) in [6.45, 7) is 1.49. The van der Waals surface area contributed by atoms with Gasteiger partial charge in [0.1, 0.15) is 12.1 Å². The third kappa shape index (κ3) is 2.08. The quantitative estimate of drug-likeness (QED) is 0.759. The Hall–Kier alpha value is -1.20. The minimum Gasteiger partial charge on any atom is -0.380 e. The van der Waals surface area contributed by atoms with Gasteiger partial charge in [0.2, 0.25) is 0 Å². The van der Waals surface area contributed by atoms with Crippen molar-refractivity contribution < 1.29 is 4.74 Å². The van der Waals surface area contributed by atoms with Gasteiger partial charge in [0, 0.05) is 32.4 Å². The highest BCUT2D eigenvalue weighted by Crippen LogP contribution is 2.24. The van der Waals surface area contributed by atoms with E-state index >= 15 is 0 Å². The monoisotopic (exact) mass is 208 g/mol. The summed E-state index contributed by atoms with van der Waals surface area (Å²) in [6, 6.07) is 2.23. The van der Waals surface area contributed by atoms with Gasteiger partial charge in [-0.05, 0) is 12.5 Å². The average molecular weight is 208 g/mol. The number of nitrogens with two attached hydrogens (primary N) is 1. The first-order valence-corrected chi connectivity index (χ1v) is 5.10. The minimum absolute atomic E-state index is 0.258. The second-order valence-electron chi connectivity index (χ2n) is 3.70. The van der Waals surface area contributed by atoms with Crippen LogP contribution in [0.5, 0.6) is 0 Å². The van der Waals surface area contributed by atoms with Crippen LogP contribution in [0.3, 0.4) is 0 Å². The molecule has 1 saturated heterocycles. The van der Waals surface area contributed by atoms with E-state index in [0.29, 0.717) is 12.6 Å². The van der Waals surface area contributed by atoms with Crippen molar-refractivity contribution in [1.82, 2.24) is 9.97 Å². The number of rotatable bonds is 3. The van der Waals surface area contributed by atoms with Gasteiger partial charge >= 0.3 is 0 Å². The van der Waals surface area contributed by atoms with Gasteiger partial charge in [-0.3, -0.25) is 0 Å². The van der Waals surface area contributed by atoms with E-state index in [1.165, 1.54) is 0 Å². The van der Waals surface area contributed by atoms with Gasteiger partial charge in [0.05, 0.1) is 6.10 Å². The molecule has 0 saturated carbocycles. The Bertz CT molecular complexity index is 306. The van der Waals surface area contributed by atoms with E-state index < -0.39 is 0 Å². The van der Waals surface area contributed by atoms with Gasteiger partial charge in [0.15, 0.2) is 0 Å². The molecule has 82 valence electrons. The smallest absolute Gasteiger partial charge is 0.132 e. The summed E-state index contributed by atoms with van der Waals surface area (Å²) in [4.78, 5) is 10.3. The van der Waals surface area contributed by atoms with Crippen molar-refractivity contribution in [2.45, 2.75) is 18.6 Å². The maximum Gasteiger partial charge on any atom is 0.132 e. The standard InChI is InChI=1S/C10H16N4O/c1-15-9-4-8(5-11)14(6-9)10-2-3-12-7-13-10/h2-3,7-9H,4-6,11H2,1H3/t8-,9-/m1/s1. The molecule has 0 radical (unpaired) electrons. The zero-order valence-corrected chi connectivity index (χ0v) is 8.84. The van der Waals surface area contributed by atoms with Crippen LogP contribution in [0, 0.1) is 0 Å². The van der Waals surface area contributed by atoms with E-state index in [4.69, 9.17) is 10.5 Å². The molecule has 0 aromatic carbocycles. The van der Waals surface area contributed by atoms with E-state index in [9.17, 15) is 0 Å². The molecule has 0 spiro atoms. The molecule has 0 amide bonds. The Morgan fingerprint density at radius 3 is 3.13 bits per heavy atom. The largest absolute Gasteiger partial charge is 0.380 e. The molecule has 1 aromatic heterocycles. The highest BCUT2D eigenvalue weighted by atomic mass is 16.5. The number of hydrogen-bond acceptors (Lipinski definition) is 5. The van der Waals surface area contributed by atoms with Crippen LogP contribution in [0.4, 0.5) is 5.82 Å². The molecule has 2 N–H and O–H groups in total. The molecule has 2 atom stereocenters. The van der Waals surface area contributed by atoms with Crippen molar-refractivity contribution in [2.24, 2.45) is 5.73 Å². The Kier molecular flexibility index (Phi) is 3.13. The highest BCUT2D eigenvalue weighted by Gasteiger charge is 2.31.